The van der Waals surface area contributed by atoms with Gasteiger partial charge in [-0.05, 0) is 48.9 Å². The predicted molar refractivity (Wildman–Crippen MR) is 86.3 cm³/mol. The Morgan fingerprint density at radius 3 is 2.19 bits per heavy atom. The minimum Gasteiger partial charge on any atom is -0.379 e. The summed E-state index contributed by atoms with van der Waals surface area (Å²) in [5.74, 6) is 0. The first kappa shape index (κ1) is 16.1. The molecule has 3 N–H and O–H groups in total. The summed E-state index contributed by atoms with van der Waals surface area (Å²) in [6, 6.07) is 11.6. The van der Waals surface area contributed by atoms with E-state index in [-0.39, 0.29) is 10.9 Å². The van der Waals surface area contributed by atoms with Gasteiger partial charge in [-0.25, -0.2) is 13.6 Å². The molecule has 21 heavy (non-hydrogen) atoms. The summed E-state index contributed by atoms with van der Waals surface area (Å²) in [6.07, 6.45) is 0. The van der Waals surface area contributed by atoms with Gasteiger partial charge in [0, 0.05) is 11.7 Å². The Morgan fingerprint density at radius 2 is 1.67 bits per heavy atom. The van der Waals surface area contributed by atoms with Gasteiger partial charge in [0.1, 0.15) is 0 Å². The van der Waals surface area contributed by atoms with E-state index in [2.05, 4.69) is 5.32 Å². The highest BCUT2D eigenvalue weighted by Crippen LogP contribution is 2.27. The van der Waals surface area contributed by atoms with Gasteiger partial charge in [-0.3, -0.25) is 0 Å². The second-order valence-corrected chi connectivity index (χ2v) is 6.98. The average Bonchev–Trinajstić information content (AvgIpc) is 2.41. The molecule has 1 atom stereocenters. The minimum atomic E-state index is -3.67. The van der Waals surface area contributed by atoms with Crippen LogP contribution in [0.3, 0.4) is 0 Å². The fourth-order valence-corrected chi connectivity index (χ4v) is 2.68. The highest BCUT2D eigenvalue weighted by molar-refractivity contribution is 7.89. The Bertz CT molecular complexity index is 746. The molecule has 2 aromatic carbocycles. The second-order valence-electron chi connectivity index (χ2n) is 4.61. The summed E-state index contributed by atoms with van der Waals surface area (Å²) in [5.41, 5.74) is 1.75. The highest BCUT2D eigenvalue weighted by atomic mass is 35.5. The molecule has 0 aromatic heterocycles. The van der Waals surface area contributed by atoms with E-state index < -0.39 is 10.0 Å². The lowest BCUT2D eigenvalue weighted by molar-refractivity contribution is 0.598. The molecule has 7 heteroatoms. The van der Waals surface area contributed by atoms with Crippen LogP contribution in [0.1, 0.15) is 18.5 Å². The quantitative estimate of drug-likeness (QED) is 0.885. The van der Waals surface area contributed by atoms with Crippen molar-refractivity contribution in [2.24, 2.45) is 5.14 Å². The lowest BCUT2D eigenvalue weighted by atomic mass is 10.1. The number of anilines is 1. The zero-order valence-corrected chi connectivity index (χ0v) is 13.5. The molecule has 0 aliphatic heterocycles. The number of nitrogens with two attached hydrogens (primary N) is 1. The molecular weight excluding hydrogens is 331 g/mol. The van der Waals surface area contributed by atoms with Crippen LogP contribution in [-0.4, -0.2) is 8.42 Å². The van der Waals surface area contributed by atoms with Gasteiger partial charge in [0.15, 0.2) is 0 Å². The number of benzene rings is 2. The third kappa shape index (κ3) is 4.11. The molecule has 0 radical (unpaired) electrons. The van der Waals surface area contributed by atoms with Crippen LogP contribution in [0.25, 0.3) is 0 Å². The lowest BCUT2D eigenvalue weighted by Crippen LogP contribution is -2.12. The number of sulfonamides is 1. The Balaban J connectivity index is 2.15. The summed E-state index contributed by atoms with van der Waals surface area (Å²) < 4.78 is 22.4. The number of primary sulfonamides is 1. The first-order chi connectivity index (χ1) is 9.77. The average molecular weight is 345 g/mol. The smallest absolute Gasteiger partial charge is 0.238 e. The van der Waals surface area contributed by atoms with Crippen LogP contribution in [0.15, 0.2) is 47.4 Å². The molecule has 2 aromatic rings. The van der Waals surface area contributed by atoms with Gasteiger partial charge in [0.05, 0.1) is 14.9 Å². The number of nitrogens with one attached hydrogen (secondary N) is 1. The Morgan fingerprint density at radius 1 is 1.05 bits per heavy atom. The molecule has 0 bridgehead atoms. The molecule has 0 heterocycles. The van der Waals surface area contributed by atoms with Gasteiger partial charge in [0.2, 0.25) is 10.0 Å². The van der Waals surface area contributed by atoms with E-state index in [0.717, 1.165) is 11.3 Å². The Kier molecular flexibility index (Phi) is 4.78. The zero-order valence-electron chi connectivity index (χ0n) is 11.2. The molecule has 0 saturated heterocycles. The SMILES string of the molecule is CC(Nc1ccc(S(N)(=O)=O)cc1)c1ccc(Cl)c(Cl)c1. The van der Waals surface area contributed by atoms with E-state index in [4.69, 9.17) is 28.3 Å². The Labute approximate surface area is 133 Å². The van der Waals surface area contributed by atoms with Crippen LogP contribution in [0.2, 0.25) is 10.0 Å². The summed E-state index contributed by atoms with van der Waals surface area (Å²) in [4.78, 5) is 0.0789. The maximum atomic E-state index is 11.2. The van der Waals surface area contributed by atoms with E-state index in [1.54, 1.807) is 24.3 Å². The molecule has 4 nitrogen and oxygen atoms in total. The molecule has 0 spiro atoms. The minimum absolute atomic E-state index is 0.0138. The van der Waals surface area contributed by atoms with Crippen LogP contribution in [0.5, 0.6) is 0 Å². The van der Waals surface area contributed by atoms with Crippen molar-refractivity contribution in [2.45, 2.75) is 17.9 Å². The highest BCUT2D eigenvalue weighted by Gasteiger charge is 2.10. The van der Waals surface area contributed by atoms with E-state index in [1.165, 1.54) is 12.1 Å². The fourth-order valence-electron chi connectivity index (χ4n) is 1.86. The largest absolute Gasteiger partial charge is 0.379 e. The molecule has 1 unspecified atom stereocenters. The van der Waals surface area contributed by atoms with Crippen molar-refractivity contribution in [3.8, 4) is 0 Å². The van der Waals surface area contributed by atoms with Crippen LogP contribution in [0, 0.1) is 0 Å². The van der Waals surface area contributed by atoms with Gasteiger partial charge in [0.25, 0.3) is 0 Å². The van der Waals surface area contributed by atoms with Crippen molar-refractivity contribution in [3.63, 3.8) is 0 Å². The van der Waals surface area contributed by atoms with Crippen molar-refractivity contribution < 1.29 is 8.42 Å². The van der Waals surface area contributed by atoms with Gasteiger partial charge in [-0.15, -0.1) is 0 Å². The monoisotopic (exact) mass is 344 g/mol. The molecule has 0 fully saturated rings. The van der Waals surface area contributed by atoms with Crippen molar-refractivity contribution >= 4 is 38.9 Å². The first-order valence-corrected chi connectivity index (χ1v) is 8.42. The predicted octanol–water partition coefficient (Wildman–Crippen LogP) is 3.81. The number of hydrogen-bond donors (Lipinski definition) is 2. The van der Waals surface area contributed by atoms with Gasteiger partial charge in [-0.1, -0.05) is 29.3 Å². The van der Waals surface area contributed by atoms with Crippen LogP contribution in [0.4, 0.5) is 5.69 Å². The molecule has 2 rings (SSSR count). The number of rotatable bonds is 4. The van der Waals surface area contributed by atoms with E-state index in [1.807, 2.05) is 13.0 Å². The first-order valence-electron chi connectivity index (χ1n) is 6.12. The summed E-state index contributed by atoms with van der Waals surface area (Å²) in [6.45, 7) is 1.97. The number of halogens is 2. The topological polar surface area (TPSA) is 72.2 Å². The molecule has 0 aliphatic rings. The third-order valence-corrected chi connectivity index (χ3v) is 4.68. The Hall–Kier alpha value is -1.27. The normalized spacial score (nSPS) is 13.0. The van der Waals surface area contributed by atoms with Crippen LogP contribution < -0.4 is 10.5 Å². The zero-order chi connectivity index (χ0) is 15.6. The maximum Gasteiger partial charge on any atom is 0.238 e. The van der Waals surface area contributed by atoms with Gasteiger partial charge in [-0.2, -0.15) is 0 Å². The molecule has 0 amide bonds. The molecule has 0 aliphatic carbocycles. The third-order valence-electron chi connectivity index (χ3n) is 3.01. The molecule has 0 saturated carbocycles. The van der Waals surface area contributed by atoms with E-state index in [0.29, 0.717) is 10.0 Å². The summed E-state index contributed by atoms with van der Waals surface area (Å²) in [7, 11) is -3.67. The van der Waals surface area contributed by atoms with Gasteiger partial charge >= 0.3 is 0 Å². The lowest BCUT2D eigenvalue weighted by Gasteiger charge is -2.16. The van der Waals surface area contributed by atoms with Crippen molar-refractivity contribution in [1.29, 1.82) is 0 Å². The summed E-state index contributed by atoms with van der Waals surface area (Å²) >= 11 is 11.9. The molecular formula is C14H14Cl2N2O2S. The van der Waals surface area contributed by atoms with Crippen molar-refractivity contribution in [3.05, 3.63) is 58.1 Å². The molecule has 112 valence electrons. The number of hydrogen-bond acceptors (Lipinski definition) is 3. The van der Waals surface area contributed by atoms with Crippen LogP contribution >= 0.6 is 23.2 Å². The van der Waals surface area contributed by atoms with Crippen molar-refractivity contribution in [2.75, 3.05) is 5.32 Å². The fraction of sp³-hybridized carbons (Fsp3) is 0.143. The second kappa shape index (κ2) is 6.23. The summed E-state index contributed by atoms with van der Waals surface area (Å²) in [5, 5.41) is 9.30. The van der Waals surface area contributed by atoms with E-state index in [9.17, 15) is 8.42 Å². The van der Waals surface area contributed by atoms with Crippen molar-refractivity contribution in [1.82, 2.24) is 0 Å². The standard InChI is InChI=1S/C14H14Cl2N2O2S/c1-9(10-2-7-13(15)14(16)8-10)18-11-3-5-12(6-4-11)21(17,19)20/h2-9,18H,1H3,(H2,17,19,20). The maximum absolute atomic E-state index is 11.2. The van der Waals surface area contributed by atoms with Crippen LogP contribution in [-0.2, 0) is 10.0 Å². The van der Waals surface area contributed by atoms with E-state index >= 15 is 0 Å². The van der Waals surface area contributed by atoms with Gasteiger partial charge < -0.3 is 5.32 Å².